The van der Waals surface area contributed by atoms with Gasteiger partial charge in [-0.05, 0) is 37.2 Å². The van der Waals surface area contributed by atoms with E-state index in [0.717, 1.165) is 10.9 Å². The molecule has 1 aromatic carbocycles. The summed E-state index contributed by atoms with van der Waals surface area (Å²) in [5.74, 6) is -3.46. The molecule has 0 unspecified atom stereocenters. The highest BCUT2D eigenvalue weighted by atomic mass is 16.5. The van der Waals surface area contributed by atoms with Crippen LogP contribution in [0.4, 0.5) is 0 Å². The fraction of sp³-hybridized carbons (Fsp3) is 0.421. The number of carbonyl (C=O) groups is 2. The van der Waals surface area contributed by atoms with Gasteiger partial charge >= 0.3 is 11.9 Å². The SMILES string of the molecule is O=C(O)[C@H]1CCN(C[C@@H](O)COc2cccc3ncccc23)C[C@@H]1C(=O)O. The Bertz CT molecular complexity index is 821. The molecule has 1 fully saturated rings. The van der Waals surface area contributed by atoms with Crippen LogP contribution in [0.5, 0.6) is 5.75 Å². The Balaban J connectivity index is 1.57. The first-order valence-electron chi connectivity index (χ1n) is 8.78. The van der Waals surface area contributed by atoms with Crippen molar-refractivity contribution in [1.29, 1.82) is 0 Å². The molecule has 2 aromatic rings. The van der Waals surface area contributed by atoms with Gasteiger partial charge in [0.05, 0.1) is 17.4 Å². The first-order chi connectivity index (χ1) is 13.0. The van der Waals surface area contributed by atoms with Crippen LogP contribution in [-0.2, 0) is 9.59 Å². The van der Waals surface area contributed by atoms with Crippen molar-refractivity contribution in [3.8, 4) is 5.75 Å². The number of aliphatic hydroxyl groups is 1. The maximum Gasteiger partial charge on any atom is 0.308 e. The Morgan fingerprint density at radius 3 is 2.70 bits per heavy atom. The van der Waals surface area contributed by atoms with E-state index < -0.39 is 29.9 Å². The number of likely N-dealkylation sites (tertiary alicyclic amines) is 1. The Labute approximate surface area is 156 Å². The van der Waals surface area contributed by atoms with Crippen LogP contribution in [0.15, 0.2) is 36.5 Å². The van der Waals surface area contributed by atoms with Crippen molar-refractivity contribution >= 4 is 22.8 Å². The largest absolute Gasteiger partial charge is 0.490 e. The third-order valence-electron chi connectivity index (χ3n) is 4.84. The van der Waals surface area contributed by atoms with Crippen molar-refractivity contribution in [3.05, 3.63) is 36.5 Å². The standard InChI is InChI=1S/C19H22N2O6/c22-12(9-21-8-6-13(18(23)24)15(10-21)19(25)26)11-27-17-5-1-4-16-14(17)3-2-7-20-16/h1-5,7,12-13,15,22H,6,8-11H2,(H,23,24)(H,25,26)/t12-,13+,15+/m1/s1. The summed E-state index contributed by atoms with van der Waals surface area (Å²) in [5, 5.41) is 29.6. The van der Waals surface area contributed by atoms with Crippen LogP contribution in [0.2, 0.25) is 0 Å². The van der Waals surface area contributed by atoms with E-state index >= 15 is 0 Å². The molecular formula is C19H22N2O6. The molecule has 3 N–H and O–H groups in total. The van der Waals surface area contributed by atoms with Crippen LogP contribution in [-0.4, -0.2) is 69.5 Å². The lowest BCUT2D eigenvalue weighted by Crippen LogP contribution is -2.49. The molecule has 144 valence electrons. The zero-order chi connectivity index (χ0) is 19.4. The monoisotopic (exact) mass is 374 g/mol. The highest BCUT2D eigenvalue weighted by Crippen LogP contribution is 2.26. The molecule has 1 aliphatic heterocycles. The van der Waals surface area contributed by atoms with Crippen LogP contribution in [0.25, 0.3) is 10.9 Å². The summed E-state index contributed by atoms with van der Waals surface area (Å²) in [6.45, 7) is 0.793. The summed E-state index contributed by atoms with van der Waals surface area (Å²) in [5.41, 5.74) is 0.796. The third kappa shape index (κ3) is 4.53. The summed E-state index contributed by atoms with van der Waals surface area (Å²) in [7, 11) is 0. The smallest absolute Gasteiger partial charge is 0.308 e. The van der Waals surface area contributed by atoms with Crippen LogP contribution >= 0.6 is 0 Å². The van der Waals surface area contributed by atoms with E-state index in [0.29, 0.717) is 12.3 Å². The van der Waals surface area contributed by atoms with E-state index in [2.05, 4.69) is 4.98 Å². The van der Waals surface area contributed by atoms with Gasteiger partial charge in [0, 0.05) is 24.7 Å². The molecule has 0 saturated carbocycles. The molecule has 0 amide bonds. The molecule has 0 bridgehead atoms. The normalized spacial score (nSPS) is 21.7. The maximum atomic E-state index is 11.4. The zero-order valence-electron chi connectivity index (χ0n) is 14.7. The van der Waals surface area contributed by atoms with Gasteiger partial charge in [0.15, 0.2) is 0 Å². The quantitative estimate of drug-likeness (QED) is 0.659. The lowest BCUT2D eigenvalue weighted by molar-refractivity contribution is -0.157. The molecule has 1 aromatic heterocycles. The summed E-state index contributed by atoms with van der Waals surface area (Å²) in [6, 6.07) is 9.19. The predicted molar refractivity (Wildman–Crippen MR) is 96.6 cm³/mol. The average Bonchev–Trinajstić information content (AvgIpc) is 2.66. The molecular weight excluding hydrogens is 352 g/mol. The van der Waals surface area contributed by atoms with E-state index in [1.807, 2.05) is 24.3 Å². The number of aromatic nitrogens is 1. The molecule has 3 atom stereocenters. The van der Waals surface area contributed by atoms with Crippen LogP contribution in [0.1, 0.15) is 6.42 Å². The Morgan fingerprint density at radius 2 is 1.96 bits per heavy atom. The van der Waals surface area contributed by atoms with Crippen molar-refractivity contribution in [1.82, 2.24) is 9.88 Å². The van der Waals surface area contributed by atoms with Crippen molar-refractivity contribution in [2.45, 2.75) is 12.5 Å². The minimum absolute atomic E-state index is 0.0462. The second-order valence-electron chi connectivity index (χ2n) is 6.73. The van der Waals surface area contributed by atoms with Gasteiger partial charge in [-0.3, -0.25) is 19.5 Å². The molecule has 0 radical (unpaired) electrons. The number of hydrogen-bond donors (Lipinski definition) is 3. The molecule has 0 spiro atoms. The number of nitrogens with zero attached hydrogens (tertiary/aromatic N) is 2. The zero-order valence-corrected chi connectivity index (χ0v) is 14.7. The second kappa shape index (κ2) is 8.32. The Morgan fingerprint density at radius 1 is 1.19 bits per heavy atom. The van der Waals surface area contributed by atoms with Gasteiger partial charge < -0.3 is 20.1 Å². The third-order valence-corrected chi connectivity index (χ3v) is 4.84. The fourth-order valence-electron chi connectivity index (χ4n) is 3.47. The predicted octanol–water partition coefficient (Wildman–Crippen LogP) is 1.08. The number of benzene rings is 1. The Hall–Kier alpha value is -2.71. The molecule has 8 nitrogen and oxygen atoms in total. The lowest BCUT2D eigenvalue weighted by atomic mass is 9.85. The fourth-order valence-corrected chi connectivity index (χ4v) is 3.47. The molecule has 3 rings (SSSR count). The summed E-state index contributed by atoms with van der Waals surface area (Å²) in [6.07, 6.45) is 1.11. The lowest BCUT2D eigenvalue weighted by Gasteiger charge is -2.35. The van der Waals surface area contributed by atoms with E-state index in [1.165, 1.54) is 0 Å². The highest BCUT2D eigenvalue weighted by molar-refractivity contribution is 5.84. The number of carboxylic acids is 2. The molecule has 27 heavy (non-hydrogen) atoms. The average molecular weight is 374 g/mol. The second-order valence-corrected chi connectivity index (χ2v) is 6.73. The number of aliphatic carboxylic acids is 2. The maximum absolute atomic E-state index is 11.4. The molecule has 1 saturated heterocycles. The number of rotatable bonds is 7. The number of fused-ring (bicyclic) bond motifs is 1. The highest BCUT2D eigenvalue weighted by Gasteiger charge is 2.39. The number of carboxylic acid groups (broad SMARTS) is 2. The van der Waals surface area contributed by atoms with E-state index in [9.17, 15) is 19.8 Å². The van der Waals surface area contributed by atoms with E-state index in [-0.39, 0.29) is 26.1 Å². The minimum atomic E-state index is -1.12. The molecule has 1 aliphatic rings. The Kier molecular flexibility index (Phi) is 5.88. The van der Waals surface area contributed by atoms with Crippen molar-refractivity contribution in [2.75, 3.05) is 26.2 Å². The van der Waals surface area contributed by atoms with Crippen LogP contribution in [0, 0.1) is 11.8 Å². The van der Waals surface area contributed by atoms with Gasteiger partial charge in [-0.25, -0.2) is 0 Å². The van der Waals surface area contributed by atoms with Crippen LogP contribution in [0.3, 0.4) is 0 Å². The number of aliphatic hydroxyl groups excluding tert-OH is 1. The van der Waals surface area contributed by atoms with Crippen molar-refractivity contribution < 1.29 is 29.6 Å². The van der Waals surface area contributed by atoms with E-state index in [1.54, 1.807) is 17.2 Å². The number of pyridine rings is 1. The van der Waals surface area contributed by atoms with Gasteiger partial charge in [0.2, 0.25) is 0 Å². The van der Waals surface area contributed by atoms with Gasteiger partial charge in [-0.15, -0.1) is 0 Å². The van der Waals surface area contributed by atoms with E-state index in [4.69, 9.17) is 9.84 Å². The van der Waals surface area contributed by atoms with Crippen molar-refractivity contribution in [2.24, 2.45) is 11.8 Å². The molecule has 8 heteroatoms. The summed E-state index contributed by atoms with van der Waals surface area (Å²) in [4.78, 5) is 28.6. The van der Waals surface area contributed by atoms with Crippen molar-refractivity contribution in [3.63, 3.8) is 0 Å². The molecule has 0 aliphatic carbocycles. The topological polar surface area (TPSA) is 120 Å². The molecule has 2 heterocycles. The number of β-amino-alcohol motifs (C(OH)–C–C–N with tert-alkyl or cyclic N) is 1. The van der Waals surface area contributed by atoms with Gasteiger partial charge in [-0.2, -0.15) is 0 Å². The number of hydrogen-bond acceptors (Lipinski definition) is 6. The van der Waals surface area contributed by atoms with Gasteiger partial charge in [0.25, 0.3) is 0 Å². The number of piperidine rings is 1. The van der Waals surface area contributed by atoms with Crippen LogP contribution < -0.4 is 4.74 Å². The first-order valence-corrected chi connectivity index (χ1v) is 8.78. The van der Waals surface area contributed by atoms with Gasteiger partial charge in [-0.1, -0.05) is 6.07 Å². The summed E-state index contributed by atoms with van der Waals surface area (Å²) >= 11 is 0. The minimum Gasteiger partial charge on any atom is -0.490 e. The van der Waals surface area contributed by atoms with Gasteiger partial charge in [0.1, 0.15) is 18.5 Å². The number of ether oxygens (including phenoxy) is 1. The first kappa shape index (κ1) is 19.1. The summed E-state index contributed by atoms with van der Waals surface area (Å²) < 4.78 is 5.73.